The molecule has 2 aliphatic heterocycles. The predicted molar refractivity (Wildman–Crippen MR) is 107 cm³/mol. The number of amides is 2. The molecule has 1 saturated heterocycles. The van der Waals surface area contributed by atoms with Crippen LogP contribution in [0, 0.1) is 11.6 Å². The van der Waals surface area contributed by atoms with Gasteiger partial charge in [0.1, 0.15) is 23.9 Å². The Hall–Kier alpha value is -3.43. The van der Waals surface area contributed by atoms with Crippen LogP contribution in [0.15, 0.2) is 29.2 Å². The number of nitrogens with one attached hydrogen (secondary N) is 1. The lowest BCUT2D eigenvalue weighted by atomic mass is 10.1. The summed E-state index contributed by atoms with van der Waals surface area (Å²) in [6.45, 7) is 2.48. The molecule has 4 rings (SSSR count). The van der Waals surface area contributed by atoms with Gasteiger partial charge in [0.2, 0.25) is 5.43 Å². The number of rotatable bonds is 3. The molecule has 2 N–H and O–H groups in total. The van der Waals surface area contributed by atoms with Gasteiger partial charge in [-0.1, -0.05) is 6.07 Å². The third kappa shape index (κ3) is 3.73. The SMILES string of the molecule is C[C@H]1CCCCN2CN1n1cc(C(=O)NCc3ccc(F)cc3F)c(=O)c(O)c1C2=O. The number of carbonyl (C=O) groups excluding carboxylic acids is 2. The van der Waals surface area contributed by atoms with Crippen molar-refractivity contribution in [1.29, 1.82) is 0 Å². The van der Waals surface area contributed by atoms with Gasteiger partial charge in [-0.25, -0.2) is 8.78 Å². The number of aromatic hydroxyl groups is 1. The van der Waals surface area contributed by atoms with Gasteiger partial charge in [0.15, 0.2) is 11.4 Å². The van der Waals surface area contributed by atoms with Gasteiger partial charge >= 0.3 is 0 Å². The minimum absolute atomic E-state index is 0.000717. The number of pyridine rings is 1. The normalized spacial score (nSPS) is 18.3. The van der Waals surface area contributed by atoms with Gasteiger partial charge in [0.25, 0.3) is 11.8 Å². The molecule has 0 unspecified atom stereocenters. The van der Waals surface area contributed by atoms with Crippen LogP contribution in [0.2, 0.25) is 0 Å². The van der Waals surface area contributed by atoms with E-state index in [1.807, 2.05) is 11.9 Å². The van der Waals surface area contributed by atoms with E-state index in [0.717, 1.165) is 25.3 Å². The van der Waals surface area contributed by atoms with Gasteiger partial charge in [-0.2, -0.15) is 0 Å². The van der Waals surface area contributed by atoms with Crippen LogP contribution >= 0.6 is 0 Å². The van der Waals surface area contributed by atoms with Crippen LogP contribution in [0.1, 0.15) is 52.6 Å². The van der Waals surface area contributed by atoms with Crippen molar-refractivity contribution in [2.45, 2.75) is 38.8 Å². The average Bonchev–Trinajstić information content (AvgIpc) is 2.72. The van der Waals surface area contributed by atoms with Crippen LogP contribution < -0.4 is 15.8 Å². The molecular formula is C21H22F2N4O4. The fourth-order valence-corrected chi connectivity index (χ4v) is 3.96. The molecule has 0 saturated carbocycles. The number of carbonyl (C=O) groups is 2. The van der Waals surface area contributed by atoms with Crippen molar-refractivity contribution < 1.29 is 23.5 Å². The Morgan fingerprint density at radius 3 is 2.77 bits per heavy atom. The molecular weight excluding hydrogens is 410 g/mol. The first-order chi connectivity index (χ1) is 14.8. The highest BCUT2D eigenvalue weighted by molar-refractivity contribution is 5.99. The number of hydrogen-bond donors (Lipinski definition) is 2. The zero-order chi connectivity index (χ0) is 22.3. The minimum atomic E-state index is -0.983. The first-order valence-electron chi connectivity index (χ1n) is 10.0. The van der Waals surface area contributed by atoms with E-state index in [2.05, 4.69) is 5.32 Å². The third-order valence-electron chi connectivity index (χ3n) is 5.75. The Labute approximate surface area is 176 Å². The van der Waals surface area contributed by atoms with Crippen LogP contribution in [0.4, 0.5) is 8.78 Å². The largest absolute Gasteiger partial charge is 0.502 e. The number of benzene rings is 1. The maximum atomic E-state index is 13.8. The first kappa shape index (κ1) is 20.8. The molecule has 1 aromatic carbocycles. The van der Waals surface area contributed by atoms with Crippen molar-refractivity contribution in [3.63, 3.8) is 0 Å². The van der Waals surface area contributed by atoms with Crippen LogP contribution in [0.25, 0.3) is 0 Å². The number of fused-ring (bicyclic) bond motifs is 4. The van der Waals surface area contributed by atoms with Crippen LogP contribution in [0.3, 0.4) is 0 Å². The fourth-order valence-electron chi connectivity index (χ4n) is 3.96. The smallest absolute Gasteiger partial charge is 0.277 e. The molecule has 0 radical (unpaired) electrons. The zero-order valence-electron chi connectivity index (χ0n) is 16.9. The molecule has 164 valence electrons. The summed E-state index contributed by atoms with van der Waals surface area (Å²) in [7, 11) is 0. The summed E-state index contributed by atoms with van der Waals surface area (Å²) >= 11 is 0. The summed E-state index contributed by atoms with van der Waals surface area (Å²) in [6.07, 6.45) is 3.83. The lowest BCUT2D eigenvalue weighted by molar-refractivity contribution is 0.0656. The van der Waals surface area contributed by atoms with E-state index in [0.29, 0.717) is 12.6 Å². The van der Waals surface area contributed by atoms with Crippen molar-refractivity contribution in [3.05, 3.63) is 63.1 Å². The second-order valence-corrected chi connectivity index (χ2v) is 7.83. The summed E-state index contributed by atoms with van der Waals surface area (Å²) in [6, 6.07) is 2.95. The minimum Gasteiger partial charge on any atom is -0.502 e. The average molecular weight is 432 g/mol. The van der Waals surface area contributed by atoms with Gasteiger partial charge in [-0.3, -0.25) is 24.1 Å². The predicted octanol–water partition coefficient (Wildman–Crippen LogP) is 1.69. The van der Waals surface area contributed by atoms with Crippen molar-refractivity contribution in [1.82, 2.24) is 14.9 Å². The van der Waals surface area contributed by atoms with Crippen molar-refractivity contribution in [3.8, 4) is 5.75 Å². The molecule has 2 amide bonds. The Kier molecular flexibility index (Phi) is 5.38. The number of hydrogen-bond acceptors (Lipinski definition) is 5. The molecule has 8 nitrogen and oxygen atoms in total. The van der Waals surface area contributed by atoms with Gasteiger partial charge in [-0.15, -0.1) is 0 Å². The molecule has 2 bridgehead atoms. The summed E-state index contributed by atoms with van der Waals surface area (Å²) in [4.78, 5) is 39.7. The maximum Gasteiger partial charge on any atom is 0.277 e. The molecule has 3 heterocycles. The quantitative estimate of drug-likeness (QED) is 0.770. The van der Waals surface area contributed by atoms with E-state index in [1.165, 1.54) is 16.9 Å². The fraction of sp³-hybridized carbons (Fsp3) is 0.381. The maximum absolute atomic E-state index is 13.8. The van der Waals surface area contributed by atoms with E-state index in [9.17, 15) is 28.3 Å². The van der Waals surface area contributed by atoms with E-state index >= 15 is 0 Å². The van der Waals surface area contributed by atoms with Crippen LogP contribution in [-0.4, -0.2) is 45.8 Å². The van der Waals surface area contributed by atoms with Gasteiger partial charge in [-0.05, 0) is 32.3 Å². The topological polar surface area (TPSA) is 94.9 Å². The Morgan fingerprint density at radius 1 is 1.26 bits per heavy atom. The molecule has 31 heavy (non-hydrogen) atoms. The standard InChI is InChI=1S/C21H22F2N4O4/c1-12-4-2-3-7-25-11-27(12)26-10-15(18(28)19(29)17(26)21(25)31)20(30)24-9-13-5-6-14(22)8-16(13)23/h5-6,8,10,12,29H,2-4,7,9,11H2,1H3,(H,24,30)/t12-/m0/s1. The second-order valence-electron chi connectivity index (χ2n) is 7.83. The van der Waals surface area contributed by atoms with E-state index < -0.39 is 34.6 Å². The molecule has 0 spiro atoms. The molecule has 1 fully saturated rings. The highest BCUT2D eigenvalue weighted by atomic mass is 19.1. The molecule has 2 aromatic rings. The van der Waals surface area contributed by atoms with Crippen molar-refractivity contribution in [2.75, 3.05) is 18.2 Å². The van der Waals surface area contributed by atoms with Gasteiger partial charge < -0.3 is 15.3 Å². The van der Waals surface area contributed by atoms with E-state index in [-0.39, 0.29) is 36.1 Å². The van der Waals surface area contributed by atoms with Gasteiger partial charge in [0, 0.05) is 37.0 Å². The van der Waals surface area contributed by atoms with Crippen LogP contribution in [0.5, 0.6) is 5.75 Å². The first-order valence-corrected chi connectivity index (χ1v) is 10.0. The Balaban J connectivity index is 1.68. The molecule has 0 aliphatic carbocycles. The summed E-state index contributed by atoms with van der Waals surface area (Å²) in [5, 5.41) is 14.8. The number of nitrogens with zero attached hydrogens (tertiary/aromatic N) is 3. The summed E-state index contributed by atoms with van der Waals surface area (Å²) < 4.78 is 28.3. The highest BCUT2D eigenvalue weighted by Gasteiger charge is 2.36. The monoisotopic (exact) mass is 432 g/mol. The molecule has 10 heteroatoms. The lowest BCUT2D eigenvalue weighted by Gasteiger charge is -2.44. The van der Waals surface area contributed by atoms with E-state index in [4.69, 9.17) is 0 Å². The van der Waals surface area contributed by atoms with Crippen LogP contribution in [-0.2, 0) is 6.54 Å². The number of halogens is 2. The zero-order valence-corrected chi connectivity index (χ0v) is 16.9. The van der Waals surface area contributed by atoms with Crippen molar-refractivity contribution >= 4 is 11.8 Å². The number of aromatic nitrogens is 1. The molecule has 1 atom stereocenters. The highest BCUT2D eigenvalue weighted by Crippen LogP contribution is 2.25. The Bertz CT molecular complexity index is 1120. The summed E-state index contributed by atoms with van der Waals surface area (Å²) in [5.74, 6) is -3.68. The second kappa shape index (κ2) is 8.01. The van der Waals surface area contributed by atoms with Crippen molar-refractivity contribution in [2.24, 2.45) is 0 Å². The van der Waals surface area contributed by atoms with Gasteiger partial charge in [0.05, 0.1) is 0 Å². The lowest BCUT2D eigenvalue weighted by Crippen LogP contribution is -2.58. The van der Waals surface area contributed by atoms with E-state index in [1.54, 1.807) is 4.90 Å². The molecule has 1 aromatic heterocycles. The third-order valence-corrected chi connectivity index (χ3v) is 5.75. The molecule has 2 aliphatic rings. The summed E-state index contributed by atoms with van der Waals surface area (Å²) in [5.41, 5.74) is -1.49. The Morgan fingerprint density at radius 2 is 2.03 bits per heavy atom.